The number of nitrogens with two attached hydrogens (primary N) is 5. The first-order valence-electron chi connectivity index (χ1n) is 22.2. The minimum absolute atomic E-state index is 0.00260. The predicted molar refractivity (Wildman–Crippen MR) is 252 cm³/mol. The molecule has 0 saturated carbocycles. The Labute approximate surface area is 401 Å². The summed E-state index contributed by atoms with van der Waals surface area (Å²) in [6.07, 6.45) is -0.293. The van der Waals surface area contributed by atoms with Crippen LogP contribution in [0.25, 0.3) is 0 Å². The van der Waals surface area contributed by atoms with Crippen LogP contribution in [0.5, 0.6) is 0 Å². The smallest absolute Gasteiger partial charge is 0.246 e. The largest absolute Gasteiger partial charge is 0.370 e. The lowest BCUT2D eigenvalue weighted by atomic mass is 9.96. The number of amides is 11. The van der Waals surface area contributed by atoms with Crippen LogP contribution >= 0.6 is 21.6 Å². The van der Waals surface area contributed by atoms with E-state index in [0.717, 1.165) is 21.6 Å². The Balaban J connectivity index is 2.04. The topological polar surface area (TPSA) is 405 Å². The van der Waals surface area contributed by atoms with Crippen molar-refractivity contribution in [3.8, 4) is 0 Å². The van der Waals surface area contributed by atoms with Crippen LogP contribution in [0.1, 0.15) is 70.8 Å². The van der Waals surface area contributed by atoms with E-state index in [1.165, 1.54) is 4.90 Å². The number of hydrogen-bond acceptors (Lipinski definition) is 15. The number of primary amides is 3. The Morgan fingerprint density at radius 1 is 0.794 bits per heavy atom. The molecule has 376 valence electrons. The monoisotopic (exact) mass is 991 g/mol. The second kappa shape index (κ2) is 28.4. The lowest BCUT2D eigenvalue weighted by molar-refractivity contribution is -0.142. The van der Waals surface area contributed by atoms with Gasteiger partial charge in [0.1, 0.15) is 42.3 Å². The Morgan fingerprint density at radius 3 is 2.06 bits per heavy atom. The minimum Gasteiger partial charge on any atom is -0.370 e. The fourth-order valence-corrected chi connectivity index (χ4v) is 9.49. The highest BCUT2D eigenvalue weighted by Crippen LogP contribution is 2.26. The predicted octanol–water partition coefficient (Wildman–Crippen LogP) is -4.62. The molecule has 17 N–H and O–H groups in total. The summed E-state index contributed by atoms with van der Waals surface area (Å²) >= 11 is 0. The molecule has 9 atom stereocenters. The van der Waals surface area contributed by atoms with Gasteiger partial charge in [-0.2, -0.15) is 0 Å². The van der Waals surface area contributed by atoms with Crippen molar-refractivity contribution in [2.45, 2.75) is 120 Å². The average Bonchev–Trinajstić information content (AvgIpc) is 3.80. The molecule has 1 aromatic carbocycles. The zero-order chi connectivity index (χ0) is 50.5. The van der Waals surface area contributed by atoms with Gasteiger partial charge in [0.15, 0.2) is 0 Å². The summed E-state index contributed by atoms with van der Waals surface area (Å²) in [6, 6.07) is -2.00. The first kappa shape index (κ1) is 56.3. The minimum atomic E-state index is -1.74. The van der Waals surface area contributed by atoms with E-state index in [9.17, 15) is 52.7 Å². The van der Waals surface area contributed by atoms with E-state index >= 15 is 0 Å². The summed E-state index contributed by atoms with van der Waals surface area (Å²) in [6.45, 7) is 3.18. The van der Waals surface area contributed by atoms with Crippen LogP contribution < -0.4 is 65.9 Å². The van der Waals surface area contributed by atoms with Gasteiger partial charge in [-0.15, -0.1) is 0 Å². The zero-order valence-corrected chi connectivity index (χ0v) is 39.8. The number of hydrogen-bond donors (Lipinski definition) is 12. The van der Waals surface area contributed by atoms with Crippen molar-refractivity contribution < 1.29 is 52.7 Å². The summed E-state index contributed by atoms with van der Waals surface area (Å²) in [7, 11) is 2.08. The molecule has 3 rings (SSSR count). The number of nitrogens with one attached hydrogen (secondary N) is 7. The lowest BCUT2D eigenvalue weighted by Gasteiger charge is -2.31. The van der Waals surface area contributed by atoms with Gasteiger partial charge in [-0.3, -0.25) is 52.7 Å². The molecule has 24 nitrogen and oxygen atoms in total. The molecule has 2 aliphatic heterocycles. The second-order valence-corrected chi connectivity index (χ2v) is 19.1. The van der Waals surface area contributed by atoms with E-state index in [1.807, 2.05) is 0 Å². The summed E-state index contributed by atoms with van der Waals surface area (Å²) in [4.78, 5) is 148. The number of likely N-dealkylation sites (tertiary alicyclic amines) is 1. The van der Waals surface area contributed by atoms with Crippen molar-refractivity contribution in [3.05, 3.63) is 35.9 Å². The van der Waals surface area contributed by atoms with E-state index < -0.39 is 139 Å². The molecule has 0 aliphatic carbocycles. The van der Waals surface area contributed by atoms with E-state index in [-0.39, 0.29) is 50.3 Å². The van der Waals surface area contributed by atoms with Gasteiger partial charge in [-0.25, -0.2) is 0 Å². The van der Waals surface area contributed by atoms with Crippen molar-refractivity contribution >= 4 is 86.6 Å². The molecule has 26 heteroatoms. The number of carbonyl (C=O) groups is 11. The van der Waals surface area contributed by atoms with E-state index in [0.29, 0.717) is 24.8 Å². The number of nitrogens with zero attached hydrogens (tertiary/aromatic N) is 1. The van der Waals surface area contributed by atoms with Gasteiger partial charge in [-0.1, -0.05) is 72.2 Å². The maximum absolute atomic E-state index is 14.5. The van der Waals surface area contributed by atoms with E-state index in [2.05, 4.69) is 37.2 Å². The van der Waals surface area contributed by atoms with Gasteiger partial charge < -0.3 is 70.8 Å². The Bertz CT molecular complexity index is 1980. The molecule has 68 heavy (non-hydrogen) atoms. The number of rotatable bonds is 18. The normalized spacial score (nSPS) is 24.4. The third-order valence-corrected chi connectivity index (χ3v) is 13.6. The molecule has 9 unspecified atom stereocenters. The van der Waals surface area contributed by atoms with Gasteiger partial charge in [0, 0.05) is 30.9 Å². The van der Waals surface area contributed by atoms with Crippen LogP contribution in [0.4, 0.5) is 0 Å². The molecule has 0 bridgehead atoms. The van der Waals surface area contributed by atoms with Gasteiger partial charge in [0.2, 0.25) is 65.0 Å². The Kier molecular flexibility index (Phi) is 23.5. The quantitative estimate of drug-likeness (QED) is 0.0616. The number of carbonyl (C=O) groups excluding carboxylic acids is 11. The highest BCUT2D eigenvalue weighted by Gasteiger charge is 2.41. The van der Waals surface area contributed by atoms with Crippen LogP contribution in [0.15, 0.2) is 30.3 Å². The summed E-state index contributed by atoms with van der Waals surface area (Å²) < 4.78 is 0. The molecule has 0 radical (unpaired) electrons. The Hall–Kier alpha value is -5.99. The molecule has 2 aliphatic rings. The van der Waals surface area contributed by atoms with Crippen LogP contribution in [-0.2, 0) is 59.2 Å². The van der Waals surface area contributed by atoms with Crippen molar-refractivity contribution in [1.29, 1.82) is 0 Å². The fourth-order valence-electron chi connectivity index (χ4n) is 7.21. The van der Waals surface area contributed by atoms with E-state index in [4.69, 9.17) is 28.7 Å². The van der Waals surface area contributed by atoms with Crippen molar-refractivity contribution in [2.75, 3.05) is 31.1 Å². The highest BCUT2D eigenvalue weighted by molar-refractivity contribution is 8.76. The summed E-state index contributed by atoms with van der Waals surface area (Å²) in [5, 5.41) is 17.9. The van der Waals surface area contributed by atoms with Gasteiger partial charge >= 0.3 is 0 Å². The van der Waals surface area contributed by atoms with Crippen LogP contribution in [0.3, 0.4) is 0 Å². The van der Waals surface area contributed by atoms with Crippen molar-refractivity contribution in [3.63, 3.8) is 0 Å². The van der Waals surface area contributed by atoms with E-state index in [1.54, 1.807) is 44.2 Å². The highest BCUT2D eigenvalue weighted by atomic mass is 33.1. The van der Waals surface area contributed by atoms with Gasteiger partial charge in [-0.05, 0) is 50.1 Å². The lowest BCUT2D eigenvalue weighted by Crippen LogP contribution is -2.61. The standard InChI is InChI=1S/C42H65N13O11S2/c1-3-22(2)34-41(65)50-26(13-14-31(45)56)37(61)52-28(18-32(46)57)38(62)53-29(21-68-67-20-24(44)35(59)51-27(39(63)54-34)17-23-9-5-4-6-10-23)42(66)55-16-8-12-30(55)40(64)49-25(11-7-15-43)36(60)48-19-33(47)58/h4-6,9-10,22,24-30,34H,3,7-8,11-21,43-44H2,1-2H3,(H2,45,56)(H2,46,57)(H2,47,58)(H,48,60)(H,49,64)(H,50,65)(H,51,59)(H,52,61)(H,53,62)(H,54,63). The Morgan fingerprint density at radius 2 is 1.43 bits per heavy atom. The first-order valence-corrected chi connectivity index (χ1v) is 24.7. The molecule has 2 fully saturated rings. The molecular formula is C42H65N13O11S2. The van der Waals surface area contributed by atoms with Crippen LogP contribution in [0, 0.1) is 5.92 Å². The molecule has 0 aromatic heterocycles. The average molecular weight is 992 g/mol. The maximum atomic E-state index is 14.5. The SMILES string of the molecule is CCC(C)C1NC(=O)C(Cc2ccccc2)NC(=O)C(N)CSSCC(C(=O)N2CCCC2C(=O)NC(CCCN)C(=O)NCC(N)=O)NC(=O)C(CC(N)=O)NC(=O)C(CCC(N)=O)NC1=O. The molecular weight excluding hydrogens is 927 g/mol. The van der Waals surface area contributed by atoms with Crippen molar-refractivity contribution in [1.82, 2.24) is 42.1 Å². The second-order valence-electron chi connectivity index (χ2n) is 16.5. The molecule has 2 saturated heterocycles. The third-order valence-electron chi connectivity index (χ3n) is 11.2. The molecule has 11 amide bonds. The maximum Gasteiger partial charge on any atom is 0.246 e. The molecule has 2 heterocycles. The number of benzene rings is 1. The van der Waals surface area contributed by atoms with Gasteiger partial charge in [0.05, 0.1) is 19.0 Å². The van der Waals surface area contributed by atoms with Crippen LogP contribution in [0.2, 0.25) is 0 Å². The summed E-state index contributed by atoms with van der Waals surface area (Å²) in [5.74, 6) is -10.1. The van der Waals surface area contributed by atoms with Crippen LogP contribution in [-0.4, -0.2) is 149 Å². The fraction of sp³-hybridized carbons (Fsp3) is 0.595. The first-order chi connectivity index (χ1) is 32.2. The third kappa shape index (κ3) is 18.2. The summed E-state index contributed by atoms with van der Waals surface area (Å²) in [5.41, 5.74) is 28.7. The molecule has 0 spiro atoms. The zero-order valence-electron chi connectivity index (χ0n) is 38.1. The molecule has 1 aromatic rings. The van der Waals surface area contributed by atoms with Gasteiger partial charge in [0.25, 0.3) is 0 Å². The van der Waals surface area contributed by atoms with Crippen molar-refractivity contribution in [2.24, 2.45) is 34.6 Å².